The molecule has 0 spiro atoms. The topological polar surface area (TPSA) is 46.6 Å². The zero-order valence-corrected chi connectivity index (χ0v) is 13.3. The normalized spacial score (nSPS) is 13.2. The van der Waals surface area contributed by atoms with E-state index in [-0.39, 0.29) is 24.5 Å². The third-order valence-corrected chi connectivity index (χ3v) is 4.01. The third kappa shape index (κ3) is 3.54. The van der Waals surface area contributed by atoms with Gasteiger partial charge >= 0.3 is 0 Å². The van der Waals surface area contributed by atoms with E-state index in [0.29, 0.717) is 29.5 Å². The molecule has 1 aliphatic heterocycles. The lowest BCUT2D eigenvalue weighted by Gasteiger charge is -2.29. The van der Waals surface area contributed by atoms with Crippen LogP contribution in [0.5, 0.6) is 5.75 Å². The summed E-state index contributed by atoms with van der Waals surface area (Å²) in [6.07, 6.45) is 0.357. The molecule has 1 heterocycles. The minimum Gasteiger partial charge on any atom is -0.490 e. The zero-order valence-electron chi connectivity index (χ0n) is 12.5. The van der Waals surface area contributed by atoms with Crippen molar-refractivity contribution >= 4 is 29.0 Å². The molecule has 0 radical (unpaired) electrons. The summed E-state index contributed by atoms with van der Waals surface area (Å²) >= 11 is 5.81. The maximum atomic E-state index is 12.4. The Hall–Kier alpha value is -2.33. The van der Waals surface area contributed by atoms with E-state index < -0.39 is 0 Å². The molecule has 23 heavy (non-hydrogen) atoms. The number of hydrogen-bond acceptors (Lipinski definition) is 3. The summed E-state index contributed by atoms with van der Waals surface area (Å²) in [6.45, 7) is 0.971. The van der Waals surface area contributed by atoms with Gasteiger partial charge in [0.25, 0.3) is 0 Å². The summed E-state index contributed by atoms with van der Waals surface area (Å²) in [5.74, 6) is 0.579. The van der Waals surface area contributed by atoms with E-state index in [1.807, 2.05) is 24.3 Å². The summed E-state index contributed by atoms with van der Waals surface area (Å²) in [6, 6.07) is 14.1. The quantitative estimate of drug-likeness (QED) is 0.803. The molecular weight excluding hydrogens is 314 g/mol. The molecule has 5 heteroatoms. The Morgan fingerprint density at radius 2 is 1.78 bits per heavy atom. The van der Waals surface area contributed by atoms with Crippen LogP contribution in [-0.4, -0.2) is 24.8 Å². The number of carbonyl (C=O) groups is 2. The summed E-state index contributed by atoms with van der Waals surface area (Å²) in [4.78, 5) is 26.3. The van der Waals surface area contributed by atoms with Crippen molar-refractivity contribution in [3.8, 4) is 5.75 Å². The highest BCUT2D eigenvalue weighted by atomic mass is 35.5. The Kier molecular flexibility index (Phi) is 4.63. The molecule has 0 bridgehead atoms. The van der Waals surface area contributed by atoms with Crippen molar-refractivity contribution < 1.29 is 14.3 Å². The smallest absolute Gasteiger partial charge is 0.227 e. The number of Topliss-reactive ketones (excluding diaryl/α,β-unsaturated/α-hetero) is 1. The minimum absolute atomic E-state index is 0.0587. The van der Waals surface area contributed by atoms with E-state index in [4.69, 9.17) is 16.3 Å². The number of para-hydroxylation sites is 2. The van der Waals surface area contributed by atoms with Gasteiger partial charge in [-0.25, -0.2) is 0 Å². The third-order valence-electron chi connectivity index (χ3n) is 3.76. The fraction of sp³-hybridized carbons (Fsp3) is 0.222. The predicted octanol–water partition coefficient (Wildman–Crippen LogP) is 3.73. The van der Waals surface area contributed by atoms with Gasteiger partial charge in [0, 0.05) is 23.4 Å². The molecule has 0 fully saturated rings. The van der Waals surface area contributed by atoms with Crippen LogP contribution in [0.4, 0.5) is 5.69 Å². The van der Waals surface area contributed by atoms with Crippen molar-refractivity contribution in [2.24, 2.45) is 0 Å². The van der Waals surface area contributed by atoms with E-state index in [1.165, 1.54) is 0 Å². The Bertz CT molecular complexity index is 727. The molecule has 0 atom stereocenters. The predicted molar refractivity (Wildman–Crippen MR) is 89.3 cm³/mol. The van der Waals surface area contributed by atoms with Crippen LogP contribution in [0, 0.1) is 0 Å². The van der Waals surface area contributed by atoms with Gasteiger partial charge in [-0.2, -0.15) is 0 Å². The Balaban J connectivity index is 1.64. The van der Waals surface area contributed by atoms with Crippen LogP contribution in [0.3, 0.4) is 0 Å². The lowest BCUT2D eigenvalue weighted by Crippen LogP contribution is -2.38. The van der Waals surface area contributed by atoms with Gasteiger partial charge in [-0.15, -0.1) is 0 Å². The van der Waals surface area contributed by atoms with Crippen LogP contribution < -0.4 is 9.64 Å². The second-order valence-electron chi connectivity index (χ2n) is 5.29. The molecule has 0 aromatic heterocycles. The first-order valence-electron chi connectivity index (χ1n) is 7.46. The summed E-state index contributed by atoms with van der Waals surface area (Å²) in [7, 11) is 0. The maximum Gasteiger partial charge on any atom is 0.227 e. The average Bonchev–Trinajstić information content (AvgIpc) is 2.59. The molecule has 0 aliphatic carbocycles. The van der Waals surface area contributed by atoms with Crippen molar-refractivity contribution in [3.63, 3.8) is 0 Å². The molecule has 4 nitrogen and oxygen atoms in total. The molecular formula is C18H16ClNO3. The number of fused-ring (bicyclic) bond motifs is 1. The molecule has 0 N–H and O–H groups in total. The molecule has 2 aromatic carbocycles. The number of anilines is 1. The standard InChI is InChI=1S/C18H16ClNO3/c19-14-7-5-13(6-8-14)16(21)9-10-18(22)20-11-12-23-17-4-2-1-3-15(17)20/h1-8H,9-12H2. The SMILES string of the molecule is O=C(CCC(=O)N1CCOc2ccccc21)c1ccc(Cl)cc1. The number of hydrogen-bond donors (Lipinski definition) is 0. The zero-order chi connectivity index (χ0) is 16.2. The van der Waals surface area contributed by atoms with Crippen molar-refractivity contribution in [2.75, 3.05) is 18.1 Å². The molecule has 118 valence electrons. The molecule has 1 amide bonds. The van der Waals surface area contributed by atoms with E-state index in [1.54, 1.807) is 29.2 Å². The van der Waals surface area contributed by atoms with Gasteiger partial charge in [0.2, 0.25) is 5.91 Å². The highest BCUT2D eigenvalue weighted by molar-refractivity contribution is 6.30. The van der Waals surface area contributed by atoms with Crippen molar-refractivity contribution in [2.45, 2.75) is 12.8 Å². The molecule has 0 saturated heterocycles. The van der Waals surface area contributed by atoms with Gasteiger partial charge in [-0.05, 0) is 36.4 Å². The number of ketones is 1. The van der Waals surface area contributed by atoms with Crippen molar-refractivity contribution in [1.82, 2.24) is 0 Å². The number of amides is 1. The first-order chi connectivity index (χ1) is 11.1. The number of benzene rings is 2. The second kappa shape index (κ2) is 6.84. The van der Waals surface area contributed by atoms with E-state index in [9.17, 15) is 9.59 Å². The van der Waals surface area contributed by atoms with Gasteiger partial charge in [0.15, 0.2) is 5.78 Å². The van der Waals surface area contributed by atoms with Crippen LogP contribution in [0.2, 0.25) is 5.02 Å². The van der Waals surface area contributed by atoms with Crippen molar-refractivity contribution in [3.05, 3.63) is 59.1 Å². The number of carbonyl (C=O) groups excluding carboxylic acids is 2. The number of nitrogens with zero attached hydrogens (tertiary/aromatic N) is 1. The van der Waals surface area contributed by atoms with Gasteiger partial charge in [-0.1, -0.05) is 23.7 Å². The van der Waals surface area contributed by atoms with Crippen molar-refractivity contribution in [1.29, 1.82) is 0 Å². The lowest BCUT2D eigenvalue weighted by molar-refractivity contribution is -0.118. The van der Waals surface area contributed by atoms with Crippen LogP contribution in [0.1, 0.15) is 23.2 Å². The highest BCUT2D eigenvalue weighted by Gasteiger charge is 2.23. The van der Waals surface area contributed by atoms with E-state index in [2.05, 4.69) is 0 Å². The molecule has 2 aromatic rings. The summed E-state index contributed by atoms with van der Waals surface area (Å²) in [5.41, 5.74) is 1.34. The minimum atomic E-state index is -0.0666. The first kappa shape index (κ1) is 15.6. The van der Waals surface area contributed by atoms with Gasteiger partial charge in [-0.3, -0.25) is 9.59 Å². The monoisotopic (exact) mass is 329 g/mol. The molecule has 0 saturated carbocycles. The summed E-state index contributed by atoms with van der Waals surface area (Å²) < 4.78 is 5.54. The van der Waals surface area contributed by atoms with E-state index >= 15 is 0 Å². The van der Waals surface area contributed by atoms with Crippen LogP contribution in [0.25, 0.3) is 0 Å². The fourth-order valence-corrected chi connectivity index (χ4v) is 2.69. The lowest BCUT2D eigenvalue weighted by atomic mass is 10.1. The van der Waals surface area contributed by atoms with Gasteiger partial charge in [0.05, 0.1) is 12.2 Å². The first-order valence-corrected chi connectivity index (χ1v) is 7.84. The summed E-state index contributed by atoms with van der Waals surface area (Å²) in [5, 5.41) is 0.586. The van der Waals surface area contributed by atoms with E-state index in [0.717, 1.165) is 5.69 Å². The average molecular weight is 330 g/mol. The fourth-order valence-electron chi connectivity index (χ4n) is 2.56. The van der Waals surface area contributed by atoms with Crippen LogP contribution in [0.15, 0.2) is 48.5 Å². The molecule has 3 rings (SSSR count). The number of halogens is 1. The largest absolute Gasteiger partial charge is 0.490 e. The Morgan fingerprint density at radius 1 is 1.04 bits per heavy atom. The van der Waals surface area contributed by atoms with Crippen LogP contribution >= 0.6 is 11.6 Å². The number of rotatable bonds is 4. The van der Waals surface area contributed by atoms with Crippen LogP contribution in [-0.2, 0) is 4.79 Å². The van der Waals surface area contributed by atoms with Gasteiger partial charge < -0.3 is 9.64 Å². The number of ether oxygens (including phenoxy) is 1. The second-order valence-corrected chi connectivity index (χ2v) is 5.73. The highest BCUT2D eigenvalue weighted by Crippen LogP contribution is 2.31. The maximum absolute atomic E-state index is 12.4. The Morgan fingerprint density at radius 3 is 2.57 bits per heavy atom. The molecule has 0 unspecified atom stereocenters. The Labute approximate surface area is 139 Å². The van der Waals surface area contributed by atoms with Gasteiger partial charge in [0.1, 0.15) is 12.4 Å². The molecule has 1 aliphatic rings.